The fraction of sp³-hybridized carbons (Fsp3) is 0.333. The number of piperidine rings is 1. The van der Waals surface area contributed by atoms with E-state index in [-0.39, 0.29) is 45.8 Å². The first-order valence-electron chi connectivity index (χ1n) is 8.50. The van der Waals surface area contributed by atoms with E-state index in [1.165, 1.54) is 35.7 Å². The molecule has 1 saturated heterocycles. The summed E-state index contributed by atoms with van der Waals surface area (Å²) in [5.74, 6) is 0.566. The highest BCUT2D eigenvalue weighted by Gasteiger charge is 2.37. The van der Waals surface area contributed by atoms with Gasteiger partial charge in [-0.05, 0) is 49.2 Å². The number of hydrogen-bond donors (Lipinski definition) is 0. The predicted octanol–water partition coefficient (Wildman–Crippen LogP) is 3.63. The fourth-order valence-electron chi connectivity index (χ4n) is 3.20. The van der Waals surface area contributed by atoms with E-state index in [0.29, 0.717) is 5.75 Å². The maximum absolute atomic E-state index is 12.9. The summed E-state index contributed by atoms with van der Waals surface area (Å²) >= 11 is 12.1. The largest absolute Gasteiger partial charge is 0.497 e. The second-order valence-corrected chi connectivity index (χ2v) is 11.3. The summed E-state index contributed by atoms with van der Waals surface area (Å²) in [5, 5.41) is -0.574. The third-order valence-electron chi connectivity index (χ3n) is 4.74. The van der Waals surface area contributed by atoms with Crippen molar-refractivity contribution in [3.05, 3.63) is 52.5 Å². The van der Waals surface area contributed by atoms with Crippen molar-refractivity contribution in [3.8, 4) is 5.75 Å². The van der Waals surface area contributed by atoms with E-state index < -0.39 is 25.1 Å². The van der Waals surface area contributed by atoms with Gasteiger partial charge in [0, 0.05) is 13.1 Å². The normalized spacial score (nSPS) is 16.8. The predicted molar refractivity (Wildman–Crippen MR) is 108 cm³/mol. The second kappa shape index (κ2) is 8.20. The van der Waals surface area contributed by atoms with Gasteiger partial charge in [0.05, 0.1) is 27.3 Å². The Morgan fingerprint density at radius 1 is 0.929 bits per heavy atom. The molecule has 0 amide bonds. The molecule has 0 atom stereocenters. The van der Waals surface area contributed by atoms with Crippen LogP contribution in [0.25, 0.3) is 0 Å². The van der Waals surface area contributed by atoms with Gasteiger partial charge in [-0.2, -0.15) is 4.31 Å². The third-order valence-corrected chi connectivity index (χ3v) is 9.88. The van der Waals surface area contributed by atoms with E-state index in [9.17, 15) is 16.8 Å². The van der Waals surface area contributed by atoms with Crippen molar-refractivity contribution in [2.24, 2.45) is 0 Å². The molecule has 2 aromatic rings. The monoisotopic (exact) mass is 463 g/mol. The first-order valence-corrected chi connectivity index (χ1v) is 12.2. The van der Waals surface area contributed by atoms with Gasteiger partial charge < -0.3 is 4.74 Å². The van der Waals surface area contributed by atoms with Crippen molar-refractivity contribution >= 4 is 43.1 Å². The Bertz CT molecular complexity index is 1040. The smallest absolute Gasteiger partial charge is 0.246 e. The van der Waals surface area contributed by atoms with Crippen LogP contribution >= 0.6 is 23.2 Å². The van der Waals surface area contributed by atoms with E-state index >= 15 is 0 Å². The molecule has 0 N–H and O–H groups in total. The van der Waals surface area contributed by atoms with E-state index in [4.69, 9.17) is 27.9 Å². The summed E-state index contributed by atoms with van der Waals surface area (Å²) < 4.78 is 57.9. The number of benzene rings is 2. The van der Waals surface area contributed by atoms with Crippen LogP contribution in [0.15, 0.2) is 52.3 Å². The van der Waals surface area contributed by atoms with Crippen molar-refractivity contribution in [2.75, 3.05) is 20.2 Å². The van der Waals surface area contributed by atoms with Crippen molar-refractivity contribution in [1.29, 1.82) is 0 Å². The van der Waals surface area contributed by atoms with Crippen molar-refractivity contribution in [3.63, 3.8) is 0 Å². The molecule has 0 unspecified atom stereocenters. The highest BCUT2D eigenvalue weighted by Crippen LogP contribution is 2.34. The molecular weight excluding hydrogens is 445 g/mol. The molecule has 0 saturated carbocycles. The summed E-state index contributed by atoms with van der Waals surface area (Å²) in [6, 6.07) is 10.7. The zero-order valence-electron chi connectivity index (χ0n) is 15.0. The summed E-state index contributed by atoms with van der Waals surface area (Å²) in [6.45, 7) is 0.147. The molecule has 10 heteroatoms. The van der Waals surface area contributed by atoms with Crippen LogP contribution in [0, 0.1) is 0 Å². The highest BCUT2D eigenvalue weighted by molar-refractivity contribution is 7.92. The van der Waals surface area contributed by atoms with Gasteiger partial charge in [0.15, 0.2) is 9.84 Å². The average Bonchev–Trinajstić information content (AvgIpc) is 2.68. The second-order valence-electron chi connectivity index (χ2n) is 6.37. The number of rotatable bonds is 5. The lowest BCUT2D eigenvalue weighted by Crippen LogP contribution is -2.42. The average molecular weight is 464 g/mol. The van der Waals surface area contributed by atoms with Crippen LogP contribution in [0.4, 0.5) is 0 Å². The summed E-state index contributed by atoms with van der Waals surface area (Å²) in [4.78, 5) is 0.0542. The van der Waals surface area contributed by atoms with Crippen LogP contribution < -0.4 is 4.74 Å². The number of nitrogens with zero attached hydrogens (tertiary/aromatic N) is 1. The molecule has 0 radical (unpaired) electrons. The molecule has 2 aromatic carbocycles. The van der Waals surface area contributed by atoms with Gasteiger partial charge in [-0.15, -0.1) is 0 Å². The molecule has 0 aromatic heterocycles. The van der Waals surface area contributed by atoms with Gasteiger partial charge in [-0.1, -0.05) is 29.3 Å². The quantitative estimate of drug-likeness (QED) is 0.675. The molecule has 1 fully saturated rings. The maximum atomic E-state index is 12.9. The van der Waals surface area contributed by atoms with Crippen molar-refractivity contribution in [1.82, 2.24) is 4.31 Å². The lowest BCUT2D eigenvalue weighted by Gasteiger charge is -2.31. The molecule has 0 bridgehead atoms. The molecule has 1 aliphatic heterocycles. The Labute approximate surface area is 175 Å². The van der Waals surface area contributed by atoms with E-state index in [1.54, 1.807) is 18.2 Å². The SMILES string of the molecule is COc1ccc(S(=O)(=O)C2CCN(S(=O)(=O)c3c(Cl)cccc3Cl)CC2)cc1. The van der Waals surface area contributed by atoms with Crippen LogP contribution in [-0.2, 0) is 19.9 Å². The molecule has 3 rings (SSSR count). The molecule has 0 spiro atoms. The summed E-state index contributed by atoms with van der Waals surface area (Å²) in [5.41, 5.74) is 0. The first kappa shape index (κ1) is 21.4. The van der Waals surface area contributed by atoms with Crippen LogP contribution in [0.1, 0.15) is 12.8 Å². The van der Waals surface area contributed by atoms with Crippen LogP contribution in [0.3, 0.4) is 0 Å². The topological polar surface area (TPSA) is 80.8 Å². The number of methoxy groups -OCH3 is 1. The third kappa shape index (κ3) is 4.02. The number of halogens is 2. The Hall–Kier alpha value is -1.32. The lowest BCUT2D eigenvalue weighted by atomic mass is 10.2. The van der Waals surface area contributed by atoms with E-state index in [1.807, 2.05) is 0 Å². The van der Waals surface area contributed by atoms with Crippen LogP contribution in [-0.4, -0.2) is 46.6 Å². The number of hydrogen-bond acceptors (Lipinski definition) is 5. The minimum atomic E-state index is -3.91. The minimum absolute atomic E-state index is 0.0421. The standard InChI is InChI=1S/C18H19Cl2NO5S2/c1-26-13-5-7-14(8-6-13)27(22,23)15-9-11-21(12-10-15)28(24,25)18-16(19)3-2-4-17(18)20/h2-8,15H,9-12H2,1H3. The maximum Gasteiger partial charge on any atom is 0.246 e. The number of sulfonamides is 1. The van der Waals surface area contributed by atoms with Gasteiger partial charge in [0.2, 0.25) is 10.0 Å². The number of sulfone groups is 1. The van der Waals surface area contributed by atoms with Crippen LogP contribution in [0.5, 0.6) is 5.75 Å². The Morgan fingerprint density at radius 2 is 1.46 bits per heavy atom. The van der Waals surface area contributed by atoms with Crippen LogP contribution in [0.2, 0.25) is 10.0 Å². The van der Waals surface area contributed by atoms with Gasteiger partial charge in [-0.3, -0.25) is 0 Å². The van der Waals surface area contributed by atoms with Crippen molar-refractivity contribution < 1.29 is 21.6 Å². The molecule has 1 aliphatic rings. The lowest BCUT2D eigenvalue weighted by molar-refractivity contribution is 0.345. The number of ether oxygens (including phenoxy) is 1. The molecule has 28 heavy (non-hydrogen) atoms. The molecule has 1 heterocycles. The zero-order chi connectivity index (χ0) is 20.5. The van der Waals surface area contributed by atoms with Gasteiger partial charge in [0.25, 0.3) is 0 Å². The highest BCUT2D eigenvalue weighted by atomic mass is 35.5. The van der Waals surface area contributed by atoms with Gasteiger partial charge in [0.1, 0.15) is 10.6 Å². The fourth-order valence-corrected chi connectivity index (χ4v) is 7.49. The summed E-state index contributed by atoms with van der Waals surface area (Å²) in [6.07, 6.45) is 0.380. The Kier molecular flexibility index (Phi) is 6.26. The molecule has 152 valence electrons. The van der Waals surface area contributed by atoms with E-state index in [0.717, 1.165) is 0 Å². The first-order chi connectivity index (χ1) is 13.2. The molecular formula is C18H19Cl2NO5S2. The Balaban J connectivity index is 1.78. The van der Waals surface area contributed by atoms with E-state index in [2.05, 4.69) is 0 Å². The zero-order valence-corrected chi connectivity index (χ0v) is 18.2. The summed E-state index contributed by atoms with van der Waals surface area (Å²) in [7, 11) is -5.97. The van der Waals surface area contributed by atoms with Gasteiger partial charge in [-0.25, -0.2) is 16.8 Å². The minimum Gasteiger partial charge on any atom is -0.497 e. The molecule has 6 nitrogen and oxygen atoms in total. The van der Waals surface area contributed by atoms with Crippen molar-refractivity contribution in [2.45, 2.75) is 27.9 Å². The van der Waals surface area contributed by atoms with Gasteiger partial charge >= 0.3 is 0 Å². The Morgan fingerprint density at radius 3 is 1.96 bits per heavy atom. The molecule has 0 aliphatic carbocycles.